The van der Waals surface area contributed by atoms with E-state index in [-0.39, 0.29) is 23.0 Å². The van der Waals surface area contributed by atoms with E-state index in [0.29, 0.717) is 13.0 Å². The number of carbonyl (C=O) groups is 1. The third-order valence-corrected chi connectivity index (χ3v) is 3.53. The second-order valence-electron chi connectivity index (χ2n) is 7.21. The van der Waals surface area contributed by atoms with E-state index in [1.54, 1.807) is 6.92 Å². The molecule has 0 saturated carbocycles. The molecule has 4 nitrogen and oxygen atoms in total. The van der Waals surface area contributed by atoms with Crippen molar-refractivity contribution in [1.82, 2.24) is 10.2 Å². The van der Waals surface area contributed by atoms with E-state index in [1.807, 2.05) is 4.90 Å². The van der Waals surface area contributed by atoms with Crippen LogP contribution in [-0.2, 0) is 0 Å². The van der Waals surface area contributed by atoms with Gasteiger partial charge in [-0.25, -0.2) is 4.79 Å². The van der Waals surface area contributed by atoms with Crippen molar-refractivity contribution in [2.24, 2.45) is 10.8 Å². The number of urea groups is 1. The van der Waals surface area contributed by atoms with Gasteiger partial charge in [-0.05, 0) is 30.6 Å². The van der Waals surface area contributed by atoms with E-state index >= 15 is 0 Å². The van der Waals surface area contributed by atoms with Gasteiger partial charge >= 0.3 is 6.03 Å². The molecule has 2 N–H and O–H groups in total. The van der Waals surface area contributed by atoms with Crippen LogP contribution in [0.3, 0.4) is 0 Å². The highest BCUT2D eigenvalue weighted by molar-refractivity contribution is 5.74. The first-order valence-electron chi connectivity index (χ1n) is 6.82. The number of rotatable bonds is 4. The third-order valence-electron chi connectivity index (χ3n) is 3.53. The summed E-state index contributed by atoms with van der Waals surface area (Å²) in [7, 11) is 0. The number of nitrogens with zero attached hydrogens (tertiary/aromatic N) is 1. The van der Waals surface area contributed by atoms with Crippen LogP contribution in [0.25, 0.3) is 0 Å². The minimum Gasteiger partial charge on any atom is -0.393 e. The predicted molar refractivity (Wildman–Crippen MR) is 73.4 cm³/mol. The first kappa shape index (κ1) is 15.3. The molecule has 1 heterocycles. The van der Waals surface area contributed by atoms with Crippen molar-refractivity contribution in [1.29, 1.82) is 0 Å². The molecule has 0 radical (unpaired) electrons. The summed E-state index contributed by atoms with van der Waals surface area (Å²) in [6.07, 6.45) is 1.43. The number of carbonyl (C=O) groups excluding carboxylic acids is 1. The molecule has 0 bridgehead atoms. The van der Waals surface area contributed by atoms with Crippen LogP contribution in [0.5, 0.6) is 0 Å². The van der Waals surface area contributed by atoms with Crippen LogP contribution in [0.2, 0.25) is 0 Å². The van der Waals surface area contributed by atoms with Gasteiger partial charge in [0.1, 0.15) is 0 Å². The van der Waals surface area contributed by atoms with Crippen LogP contribution in [-0.4, -0.2) is 41.8 Å². The zero-order valence-electron chi connectivity index (χ0n) is 12.4. The first-order chi connectivity index (χ1) is 8.11. The van der Waals surface area contributed by atoms with E-state index in [9.17, 15) is 9.90 Å². The number of aliphatic hydroxyl groups is 1. The van der Waals surface area contributed by atoms with Crippen LogP contribution in [0.15, 0.2) is 0 Å². The molecule has 1 fully saturated rings. The van der Waals surface area contributed by atoms with Gasteiger partial charge in [0.05, 0.1) is 6.10 Å². The smallest absolute Gasteiger partial charge is 0.317 e. The lowest BCUT2D eigenvalue weighted by Crippen LogP contribution is -2.43. The quantitative estimate of drug-likeness (QED) is 0.810. The van der Waals surface area contributed by atoms with Crippen LogP contribution >= 0.6 is 0 Å². The Morgan fingerprint density at radius 3 is 2.56 bits per heavy atom. The molecule has 1 saturated heterocycles. The molecule has 0 aromatic heterocycles. The van der Waals surface area contributed by atoms with Gasteiger partial charge in [-0.3, -0.25) is 0 Å². The highest BCUT2D eigenvalue weighted by Crippen LogP contribution is 2.28. The Morgan fingerprint density at radius 2 is 2.11 bits per heavy atom. The molecule has 0 aromatic carbocycles. The molecule has 1 atom stereocenters. The fourth-order valence-corrected chi connectivity index (χ4v) is 2.58. The Kier molecular flexibility index (Phi) is 4.65. The Balaban J connectivity index is 2.38. The van der Waals surface area contributed by atoms with E-state index in [1.165, 1.54) is 0 Å². The fourth-order valence-electron chi connectivity index (χ4n) is 2.58. The molecule has 1 unspecified atom stereocenters. The van der Waals surface area contributed by atoms with Gasteiger partial charge in [0.25, 0.3) is 0 Å². The minimum absolute atomic E-state index is 0.0271. The van der Waals surface area contributed by atoms with Gasteiger partial charge < -0.3 is 15.3 Å². The van der Waals surface area contributed by atoms with Gasteiger partial charge in [-0.1, -0.05) is 27.7 Å². The van der Waals surface area contributed by atoms with E-state index in [0.717, 1.165) is 19.5 Å². The molecule has 1 aliphatic heterocycles. The van der Waals surface area contributed by atoms with Crippen LogP contribution in [0.4, 0.5) is 4.79 Å². The van der Waals surface area contributed by atoms with E-state index in [2.05, 4.69) is 33.0 Å². The number of amides is 2. The lowest BCUT2D eigenvalue weighted by Gasteiger charge is -2.28. The summed E-state index contributed by atoms with van der Waals surface area (Å²) < 4.78 is 0. The molecule has 0 spiro atoms. The zero-order chi connectivity index (χ0) is 14.0. The van der Waals surface area contributed by atoms with Gasteiger partial charge in [-0.2, -0.15) is 0 Å². The van der Waals surface area contributed by atoms with Gasteiger partial charge in [-0.15, -0.1) is 0 Å². The normalized spacial score (nSPS) is 20.9. The van der Waals surface area contributed by atoms with Crippen molar-refractivity contribution < 1.29 is 9.90 Å². The molecule has 1 aliphatic rings. The van der Waals surface area contributed by atoms with Crippen molar-refractivity contribution in [2.45, 2.75) is 53.6 Å². The van der Waals surface area contributed by atoms with Crippen molar-refractivity contribution in [3.05, 3.63) is 0 Å². The minimum atomic E-state index is -0.331. The predicted octanol–water partition coefficient (Wildman–Crippen LogP) is 2.22. The topological polar surface area (TPSA) is 52.6 Å². The molecular weight excluding hydrogens is 228 g/mol. The maximum Gasteiger partial charge on any atom is 0.317 e. The Morgan fingerprint density at radius 1 is 1.50 bits per heavy atom. The summed E-state index contributed by atoms with van der Waals surface area (Å²) in [5.41, 5.74) is 0.172. The van der Waals surface area contributed by atoms with E-state index < -0.39 is 0 Å². The van der Waals surface area contributed by atoms with Gasteiger partial charge in [0, 0.05) is 19.6 Å². The molecule has 0 aromatic rings. The summed E-state index contributed by atoms with van der Waals surface area (Å²) in [6, 6.07) is 0.0271. The number of hydrogen-bond donors (Lipinski definition) is 2. The lowest BCUT2D eigenvalue weighted by molar-refractivity contribution is 0.127. The van der Waals surface area contributed by atoms with Crippen LogP contribution < -0.4 is 5.32 Å². The molecule has 4 heteroatoms. The zero-order valence-corrected chi connectivity index (χ0v) is 12.4. The summed E-state index contributed by atoms with van der Waals surface area (Å²) in [4.78, 5) is 13.9. The summed E-state index contributed by atoms with van der Waals surface area (Å²) in [5.74, 6) is 0. The standard InChI is InChI=1S/C14H28N2O2/c1-11(17)8-14(4,5)9-15-12(18)16-7-6-13(2,3)10-16/h11,17H,6-10H2,1-5H3,(H,15,18). The number of nitrogens with one attached hydrogen (secondary N) is 1. The largest absolute Gasteiger partial charge is 0.393 e. The molecule has 0 aliphatic carbocycles. The van der Waals surface area contributed by atoms with Crippen LogP contribution in [0, 0.1) is 10.8 Å². The second-order valence-corrected chi connectivity index (χ2v) is 7.21. The average Bonchev–Trinajstić information content (AvgIpc) is 2.53. The number of likely N-dealkylation sites (tertiary alicyclic amines) is 1. The van der Waals surface area contributed by atoms with Gasteiger partial charge in [0.15, 0.2) is 0 Å². The third kappa shape index (κ3) is 4.84. The van der Waals surface area contributed by atoms with Crippen molar-refractivity contribution in [2.75, 3.05) is 19.6 Å². The second kappa shape index (κ2) is 5.47. The summed E-state index contributed by atoms with van der Waals surface area (Å²) in [6.45, 7) is 12.6. The SMILES string of the molecule is CC(O)CC(C)(C)CNC(=O)N1CCC(C)(C)C1. The summed E-state index contributed by atoms with van der Waals surface area (Å²) in [5, 5.41) is 12.4. The lowest BCUT2D eigenvalue weighted by atomic mass is 9.87. The monoisotopic (exact) mass is 256 g/mol. The van der Waals surface area contributed by atoms with E-state index in [4.69, 9.17) is 0 Å². The highest BCUT2D eigenvalue weighted by Gasteiger charge is 2.32. The Hall–Kier alpha value is -0.770. The van der Waals surface area contributed by atoms with Crippen molar-refractivity contribution >= 4 is 6.03 Å². The average molecular weight is 256 g/mol. The van der Waals surface area contributed by atoms with Crippen LogP contribution in [0.1, 0.15) is 47.5 Å². The van der Waals surface area contributed by atoms with Crippen molar-refractivity contribution in [3.8, 4) is 0 Å². The molecule has 18 heavy (non-hydrogen) atoms. The maximum absolute atomic E-state index is 12.0. The van der Waals surface area contributed by atoms with Crippen molar-refractivity contribution in [3.63, 3.8) is 0 Å². The van der Waals surface area contributed by atoms with Gasteiger partial charge in [0.2, 0.25) is 0 Å². The Bertz CT molecular complexity index is 298. The molecular formula is C14H28N2O2. The Labute approximate surface area is 111 Å². The highest BCUT2D eigenvalue weighted by atomic mass is 16.3. The molecule has 106 valence electrons. The number of hydrogen-bond acceptors (Lipinski definition) is 2. The summed E-state index contributed by atoms with van der Waals surface area (Å²) >= 11 is 0. The maximum atomic E-state index is 12.0. The first-order valence-corrected chi connectivity index (χ1v) is 6.82. The fraction of sp³-hybridized carbons (Fsp3) is 0.929. The molecule has 2 amide bonds. The number of aliphatic hydroxyl groups excluding tert-OH is 1. The molecule has 1 rings (SSSR count).